The minimum atomic E-state index is -0.0433. The minimum Gasteiger partial charge on any atom is -0.350 e. The molecule has 0 spiro atoms. The van der Waals surface area contributed by atoms with Crippen LogP contribution in [0, 0.1) is 0 Å². The Hall–Kier alpha value is -1.42. The first-order chi connectivity index (χ1) is 9.09. The van der Waals surface area contributed by atoms with Gasteiger partial charge in [-0.05, 0) is 51.9 Å². The van der Waals surface area contributed by atoms with Gasteiger partial charge in [0.05, 0.1) is 5.56 Å². The van der Waals surface area contributed by atoms with Crippen LogP contribution in [-0.2, 0) is 0 Å². The predicted molar refractivity (Wildman–Crippen MR) is 76.1 cm³/mol. The van der Waals surface area contributed by atoms with Crippen molar-refractivity contribution in [1.29, 1.82) is 0 Å². The number of likely N-dealkylation sites (tertiary alicyclic amines) is 1. The van der Waals surface area contributed by atoms with E-state index < -0.39 is 0 Å². The third kappa shape index (κ3) is 3.77. The lowest BCUT2D eigenvalue weighted by atomic mass is 9.98. The molecule has 0 aromatic carbocycles. The maximum atomic E-state index is 12.0. The van der Waals surface area contributed by atoms with Gasteiger partial charge in [-0.3, -0.25) is 14.7 Å². The summed E-state index contributed by atoms with van der Waals surface area (Å²) in [6.45, 7) is 7.33. The molecule has 0 aliphatic carbocycles. The molecule has 2 heterocycles. The van der Waals surface area contributed by atoms with E-state index in [1.54, 1.807) is 24.5 Å². The molecular formula is C15H23N3O. The maximum absolute atomic E-state index is 12.0. The first-order valence-corrected chi connectivity index (χ1v) is 7.03. The highest BCUT2D eigenvalue weighted by Gasteiger charge is 2.28. The van der Waals surface area contributed by atoms with Crippen molar-refractivity contribution in [2.45, 2.75) is 38.6 Å². The van der Waals surface area contributed by atoms with Crippen LogP contribution in [0.3, 0.4) is 0 Å². The van der Waals surface area contributed by atoms with E-state index in [1.165, 1.54) is 19.3 Å². The quantitative estimate of drug-likeness (QED) is 0.902. The van der Waals surface area contributed by atoms with Gasteiger partial charge >= 0.3 is 0 Å². The fourth-order valence-electron chi connectivity index (χ4n) is 2.51. The summed E-state index contributed by atoms with van der Waals surface area (Å²) < 4.78 is 0. The second kappa shape index (κ2) is 6.15. The molecular weight excluding hydrogens is 238 g/mol. The minimum absolute atomic E-state index is 0.0122. The average molecular weight is 261 g/mol. The van der Waals surface area contributed by atoms with Crippen molar-refractivity contribution in [3.05, 3.63) is 30.1 Å². The fourth-order valence-corrected chi connectivity index (χ4v) is 2.51. The van der Waals surface area contributed by atoms with E-state index >= 15 is 0 Å². The van der Waals surface area contributed by atoms with Crippen LogP contribution in [0.25, 0.3) is 0 Å². The summed E-state index contributed by atoms with van der Waals surface area (Å²) in [5.41, 5.74) is 0.634. The lowest BCUT2D eigenvalue weighted by Gasteiger charge is -2.41. The average Bonchev–Trinajstić information content (AvgIpc) is 2.47. The number of hydrogen-bond acceptors (Lipinski definition) is 3. The van der Waals surface area contributed by atoms with E-state index in [0.29, 0.717) is 12.1 Å². The van der Waals surface area contributed by atoms with Crippen molar-refractivity contribution in [1.82, 2.24) is 15.2 Å². The summed E-state index contributed by atoms with van der Waals surface area (Å²) in [7, 11) is 0. The Bertz CT molecular complexity index is 411. The monoisotopic (exact) mass is 261 g/mol. The molecule has 1 saturated heterocycles. The molecule has 1 fully saturated rings. The van der Waals surface area contributed by atoms with Gasteiger partial charge in [0, 0.05) is 24.5 Å². The molecule has 19 heavy (non-hydrogen) atoms. The van der Waals surface area contributed by atoms with Gasteiger partial charge in [-0.15, -0.1) is 0 Å². The molecule has 1 aliphatic rings. The number of carbonyl (C=O) groups excluding carboxylic acids is 1. The zero-order chi connectivity index (χ0) is 13.7. The molecule has 0 atom stereocenters. The van der Waals surface area contributed by atoms with Crippen LogP contribution in [0.4, 0.5) is 0 Å². The Morgan fingerprint density at radius 2 is 2.11 bits per heavy atom. The Labute approximate surface area is 115 Å². The van der Waals surface area contributed by atoms with E-state index in [4.69, 9.17) is 0 Å². The third-order valence-corrected chi connectivity index (χ3v) is 3.82. The van der Waals surface area contributed by atoms with Gasteiger partial charge in [0.25, 0.3) is 5.91 Å². The van der Waals surface area contributed by atoms with E-state index in [-0.39, 0.29) is 11.4 Å². The Balaban J connectivity index is 1.88. The summed E-state index contributed by atoms with van der Waals surface area (Å²) in [5, 5.41) is 3.02. The standard InChI is InChI=1S/C15H23N3O/c1-15(2,18-9-4-3-5-10-18)12-17-14(19)13-7-6-8-16-11-13/h6-8,11H,3-5,9-10,12H2,1-2H3,(H,17,19). The number of pyridine rings is 1. The van der Waals surface area contributed by atoms with Crippen LogP contribution >= 0.6 is 0 Å². The number of hydrogen-bond donors (Lipinski definition) is 1. The van der Waals surface area contributed by atoms with Gasteiger partial charge in [0.15, 0.2) is 0 Å². The molecule has 0 saturated carbocycles. The SMILES string of the molecule is CC(C)(CNC(=O)c1cccnc1)N1CCCCC1. The maximum Gasteiger partial charge on any atom is 0.252 e. The zero-order valence-electron chi connectivity index (χ0n) is 11.9. The number of rotatable bonds is 4. The first kappa shape index (κ1) is 14.0. The molecule has 104 valence electrons. The van der Waals surface area contributed by atoms with Crippen LogP contribution in [0.2, 0.25) is 0 Å². The molecule has 0 unspecified atom stereocenters. The Morgan fingerprint density at radius 1 is 1.37 bits per heavy atom. The molecule has 1 aliphatic heterocycles. The second-order valence-electron chi connectivity index (χ2n) is 5.78. The zero-order valence-corrected chi connectivity index (χ0v) is 11.9. The van der Waals surface area contributed by atoms with Gasteiger partial charge in [-0.1, -0.05) is 6.42 Å². The van der Waals surface area contributed by atoms with Gasteiger partial charge in [-0.2, -0.15) is 0 Å². The predicted octanol–water partition coefficient (Wildman–Crippen LogP) is 2.08. The normalized spacial score (nSPS) is 17.2. The highest BCUT2D eigenvalue weighted by molar-refractivity contribution is 5.93. The highest BCUT2D eigenvalue weighted by atomic mass is 16.1. The Morgan fingerprint density at radius 3 is 2.74 bits per heavy atom. The third-order valence-electron chi connectivity index (χ3n) is 3.82. The summed E-state index contributed by atoms with van der Waals surface area (Å²) in [6, 6.07) is 3.57. The van der Waals surface area contributed by atoms with Crippen LogP contribution < -0.4 is 5.32 Å². The largest absolute Gasteiger partial charge is 0.350 e. The summed E-state index contributed by atoms with van der Waals surface area (Å²) in [5.74, 6) is -0.0433. The molecule has 1 aromatic heterocycles. The van der Waals surface area contributed by atoms with Crippen LogP contribution in [0.1, 0.15) is 43.5 Å². The van der Waals surface area contributed by atoms with E-state index in [0.717, 1.165) is 13.1 Å². The number of carbonyl (C=O) groups is 1. The molecule has 1 aromatic rings. The van der Waals surface area contributed by atoms with Crippen molar-refractivity contribution in [3.8, 4) is 0 Å². The van der Waals surface area contributed by atoms with Crippen molar-refractivity contribution in [3.63, 3.8) is 0 Å². The molecule has 4 nitrogen and oxygen atoms in total. The number of nitrogens with zero attached hydrogens (tertiary/aromatic N) is 2. The van der Waals surface area contributed by atoms with Gasteiger partial charge < -0.3 is 5.32 Å². The molecule has 2 rings (SSSR count). The van der Waals surface area contributed by atoms with Crippen LogP contribution in [0.15, 0.2) is 24.5 Å². The molecule has 0 bridgehead atoms. The molecule has 1 amide bonds. The van der Waals surface area contributed by atoms with Crippen molar-refractivity contribution in [2.75, 3.05) is 19.6 Å². The number of amides is 1. The van der Waals surface area contributed by atoms with E-state index in [1.807, 2.05) is 0 Å². The van der Waals surface area contributed by atoms with Crippen LogP contribution in [0.5, 0.6) is 0 Å². The lowest BCUT2D eigenvalue weighted by Crippen LogP contribution is -2.53. The van der Waals surface area contributed by atoms with E-state index in [2.05, 4.69) is 29.0 Å². The smallest absolute Gasteiger partial charge is 0.252 e. The fraction of sp³-hybridized carbons (Fsp3) is 0.600. The van der Waals surface area contributed by atoms with Crippen molar-refractivity contribution in [2.24, 2.45) is 0 Å². The highest BCUT2D eigenvalue weighted by Crippen LogP contribution is 2.19. The topological polar surface area (TPSA) is 45.2 Å². The first-order valence-electron chi connectivity index (χ1n) is 7.03. The van der Waals surface area contributed by atoms with Gasteiger partial charge in [-0.25, -0.2) is 0 Å². The van der Waals surface area contributed by atoms with Crippen LogP contribution in [-0.4, -0.2) is 41.0 Å². The van der Waals surface area contributed by atoms with Gasteiger partial charge in [0.2, 0.25) is 0 Å². The van der Waals surface area contributed by atoms with Gasteiger partial charge in [0.1, 0.15) is 0 Å². The molecule has 1 N–H and O–H groups in total. The Kier molecular flexibility index (Phi) is 4.53. The number of nitrogens with one attached hydrogen (secondary N) is 1. The van der Waals surface area contributed by atoms with E-state index in [9.17, 15) is 4.79 Å². The number of piperidine rings is 1. The lowest BCUT2D eigenvalue weighted by molar-refractivity contribution is 0.0797. The molecule has 0 radical (unpaired) electrons. The summed E-state index contributed by atoms with van der Waals surface area (Å²) in [6.07, 6.45) is 7.13. The summed E-state index contributed by atoms with van der Waals surface area (Å²) >= 11 is 0. The molecule has 4 heteroatoms. The second-order valence-corrected chi connectivity index (χ2v) is 5.78. The number of aromatic nitrogens is 1. The summed E-state index contributed by atoms with van der Waals surface area (Å²) in [4.78, 5) is 18.4. The van der Waals surface area contributed by atoms with Crippen molar-refractivity contribution >= 4 is 5.91 Å². The van der Waals surface area contributed by atoms with Crippen molar-refractivity contribution < 1.29 is 4.79 Å².